The van der Waals surface area contributed by atoms with Crippen molar-refractivity contribution >= 4 is 23.1 Å². The number of anilines is 1. The third-order valence-electron chi connectivity index (χ3n) is 4.23. The van der Waals surface area contributed by atoms with E-state index in [0.717, 1.165) is 0 Å². The topological polar surface area (TPSA) is 119 Å². The maximum Gasteiger partial charge on any atom is 0.181 e. The maximum atomic E-state index is 15.1. The van der Waals surface area contributed by atoms with E-state index < -0.39 is 30.7 Å². The van der Waals surface area contributed by atoms with Crippen LogP contribution in [0.5, 0.6) is 0 Å². The number of aromatic nitrogens is 3. The summed E-state index contributed by atoms with van der Waals surface area (Å²) in [4.78, 5) is 24.7. The van der Waals surface area contributed by atoms with Crippen molar-refractivity contribution in [1.82, 2.24) is 14.5 Å². The second-order valence-corrected chi connectivity index (χ2v) is 5.87. The molecule has 3 N–H and O–H groups in total. The molecule has 2 aromatic heterocycles. The molecular weight excluding hydrogens is 335 g/mol. The molecule has 9 nitrogen and oxygen atoms in total. The van der Waals surface area contributed by atoms with Crippen LogP contribution in [0.4, 0.5) is 10.2 Å². The van der Waals surface area contributed by atoms with Crippen molar-refractivity contribution in [3.8, 4) is 0 Å². The SMILES string of the molecule is CCONc1ncnc2c1c(C=O)cn2[C@@H]1O[C@H](CO)[C@@H](O)[C@@]1(C)F. The number of rotatable bonds is 6. The Labute approximate surface area is 142 Å². The molecule has 1 fully saturated rings. The van der Waals surface area contributed by atoms with E-state index in [1.54, 1.807) is 6.92 Å². The number of nitrogens with zero attached hydrogens (tertiary/aromatic N) is 3. The molecule has 0 unspecified atom stereocenters. The molecule has 3 heterocycles. The molecule has 136 valence electrons. The minimum atomic E-state index is -2.20. The van der Waals surface area contributed by atoms with Crippen LogP contribution in [0.3, 0.4) is 0 Å². The first-order chi connectivity index (χ1) is 12.0. The largest absolute Gasteiger partial charge is 0.394 e. The molecule has 0 amide bonds. The fraction of sp³-hybridized carbons (Fsp3) is 0.533. The molecular formula is C15H19FN4O5. The molecule has 4 atom stereocenters. The number of aliphatic hydroxyl groups excluding tert-OH is 2. The van der Waals surface area contributed by atoms with E-state index in [-0.39, 0.29) is 17.0 Å². The lowest BCUT2D eigenvalue weighted by Gasteiger charge is -2.25. The van der Waals surface area contributed by atoms with Crippen molar-refractivity contribution in [3.05, 3.63) is 18.1 Å². The van der Waals surface area contributed by atoms with E-state index in [1.807, 2.05) is 0 Å². The van der Waals surface area contributed by atoms with Gasteiger partial charge in [0.2, 0.25) is 0 Å². The summed E-state index contributed by atoms with van der Waals surface area (Å²) in [5.41, 5.74) is 0.864. The van der Waals surface area contributed by atoms with Gasteiger partial charge in [-0.05, 0) is 13.8 Å². The standard InChI is InChI=1S/C15H19FN4O5/c1-3-24-19-12-10-8(5-21)4-20(13(10)18-7-17-12)14-15(2,16)11(23)9(6-22)25-14/h4-5,7,9,11,14,22-23H,3,6H2,1-2H3,(H,17,18,19)/t9-,11-,14-,15-/m1/s1. The first-order valence-corrected chi connectivity index (χ1v) is 7.77. The van der Waals surface area contributed by atoms with Gasteiger partial charge in [0.05, 0.1) is 18.6 Å². The highest BCUT2D eigenvalue weighted by atomic mass is 19.1. The zero-order valence-corrected chi connectivity index (χ0v) is 13.7. The maximum absolute atomic E-state index is 15.1. The number of carbonyl (C=O) groups excluding carboxylic acids is 1. The van der Waals surface area contributed by atoms with Crippen LogP contribution in [0, 0.1) is 0 Å². The smallest absolute Gasteiger partial charge is 0.181 e. The highest BCUT2D eigenvalue weighted by molar-refractivity contribution is 6.01. The van der Waals surface area contributed by atoms with Crippen LogP contribution in [-0.2, 0) is 9.57 Å². The van der Waals surface area contributed by atoms with Gasteiger partial charge in [-0.15, -0.1) is 0 Å². The number of aliphatic hydroxyl groups is 2. The van der Waals surface area contributed by atoms with Crippen LogP contribution < -0.4 is 5.48 Å². The van der Waals surface area contributed by atoms with Crippen molar-refractivity contribution in [3.63, 3.8) is 0 Å². The number of alkyl halides is 1. The summed E-state index contributed by atoms with van der Waals surface area (Å²) in [6, 6.07) is 0. The molecule has 2 aromatic rings. The second-order valence-electron chi connectivity index (χ2n) is 5.87. The molecule has 25 heavy (non-hydrogen) atoms. The molecule has 3 rings (SSSR count). The quantitative estimate of drug-likeness (QED) is 0.509. The Hall–Kier alpha value is -2.14. The van der Waals surface area contributed by atoms with Crippen molar-refractivity contribution in [2.45, 2.75) is 38.0 Å². The van der Waals surface area contributed by atoms with Gasteiger partial charge in [-0.25, -0.2) is 19.8 Å². The fourth-order valence-corrected chi connectivity index (χ4v) is 2.96. The molecule has 0 spiro atoms. The molecule has 1 aliphatic heterocycles. The minimum Gasteiger partial charge on any atom is -0.394 e. The highest BCUT2D eigenvalue weighted by Crippen LogP contribution is 2.43. The van der Waals surface area contributed by atoms with E-state index >= 15 is 4.39 Å². The van der Waals surface area contributed by atoms with Crippen molar-refractivity contribution < 1.29 is 29.0 Å². The van der Waals surface area contributed by atoms with Gasteiger partial charge in [0, 0.05) is 11.8 Å². The Morgan fingerprint density at radius 3 is 2.92 bits per heavy atom. The Morgan fingerprint density at radius 1 is 1.56 bits per heavy atom. The third kappa shape index (κ3) is 2.76. The van der Waals surface area contributed by atoms with Gasteiger partial charge in [0.25, 0.3) is 0 Å². The van der Waals surface area contributed by atoms with Crippen molar-refractivity contribution in [1.29, 1.82) is 0 Å². The molecule has 1 aliphatic rings. The normalized spacial score (nSPS) is 29.2. The minimum absolute atomic E-state index is 0.208. The Kier molecular flexibility index (Phi) is 4.69. The highest BCUT2D eigenvalue weighted by Gasteiger charge is 2.55. The van der Waals surface area contributed by atoms with Gasteiger partial charge >= 0.3 is 0 Å². The number of halogens is 1. The summed E-state index contributed by atoms with van der Waals surface area (Å²) < 4.78 is 21.8. The second kappa shape index (κ2) is 6.64. The van der Waals surface area contributed by atoms with E-state index in [1.165, 1.54) is 24.0 Å². The molecule has 0 bridgehead atoms. The lowest BCUT2D eigenvalue weighted by atomic mass is 9.98. The molecule has 1 saturated heterocycles. The average molecular weight is 354 g/mol. The van der Waals surface area contributed by atoms with Crippen molar-refractivity contribution in [2.75, 3.05) is 18.7 Å². The predicted molar refractivity (Wildman–Crippen MR) is 84.7 cm³/mol. The van der Waals surface area contributed by atoms with Crippen LogP contribution in [0.2, 0.25) is 0 Å². The summed E-state index contributed by atoms with van der Waals surface area (Å²) in [6.45, 7) is 2.77. The third-order valence-corrected chi connectivity index (χ3v) is 4.23. The van der Waals surface area contributed by atoms with Gasteiger partial charge < -0.3 is 19.5 Å². The monoisotopic (exact) mass is 354 g/mol. The van der Waals surface area contributed by atoms with Gasteiger partial charge in [-0.2, -0.15) is 0 Å². The molecule has 0 aromatic carbocycles. The summed E-state index contributed by atoms with van der Waals surface area (Å²) in [5, 5.41) is 19.7. The van der Waals surface area contributed by atoms with Crippen molar-refractivity contribution in [2.24, 2.45) is 0 Å². The van der Waals surface area contributed by atoms with Gasteiger partial charge in [0.15, 0.2) is 24.0 Å². The number of hydrogen-bond donors (Lipinski definition) is 3. The summed E-state index contributed by atoms with van der Waals surface area (Å²) >= 11 is 0. The van der Waals surface area contributed by atoms with E-state index in [2.05, 4.69) is 15.4 Å². The molecule has 0 aliphatic carbocycles. The number of hydrogen-bond acceptors (Lipinski definition) is 8. The van der Waals surface area contributed by atoms with Crippen LogP contribution in [0.1, 0.15) is 30.4 Å². The Bertz CT molecular complexity index is 781. The number of fused-ring (bicyclic) bond motifs is 1. The van der Waals surface area contributed by atoms with Crippen LogP contribution in [-0.4, -0.2) is 62.1 Å². The lowest BCUT2D eigenvalue weighted by molar-refractivity contribution is -0.0564. The van der Waals surface area contributed by atoms with Gasteiger partial charge in [-0.1, -0.05) is 0 Å². The van der Waals surface area contributed by atoms with E-state index in [4.69, 9.17) is 9.57 Å². The lowest BCUT2D eigenvalue weighted by Crippen LogP contribution is -2.40. The number of aldehydes is 1. The fourth-order valence-electron chi connectivity index (χ4n) is 2.96. The average Bonchev–Trinajstić information content (AvgIpc) is 3.09. The van der Waals surface area contributed by atoms with Gasteiger partial charge in [0.1, 0.15) is 24.2 Å². The van der Waals surface area contributed by atoms with E-state index in [0.29, 0.717) is 18.3 Å². The zero-order chi connectivity index (χ0) is 18.2. The Morgan fingerprint density at radius 2 is 2.32 bits per heavy atom. The summed E-state index contributed by atoms with van der Waals surface area (Å²) in [7, 11) is 0. The first kappa shape index (κ1) is 17.7. The summed E-state index contributed by atoms with van der Waals surface area (Å²) in [5.74, 6) is 0.255. The van der Waals surface area contributed by atoms with Crippen LogP contribution in [0.15, 0.2) is 12.5 Å². The van der Waals surface area contributed by atoms with Crippen LogP contribution in [0.25, 0.3) is 11.0 Å². The van der Waals surface area contributed by atoms with Crippen LogP contribution >= 0.6 is 0 Å². The molecule has 0 saturated carbocycles. The van der Waals surface area contributed by atoms with E-state index in [9.17, 15) is 15.0 Å². The number of nitrogens with one attached hydrogen (secondary N) is 1. The number of ether oxygens (including phenoxy) is 1. The summed E-state index contributed by atoms with van der Waals surface area (Å²) in [6.07, 6.45) is -0.685. The molecule has 0 radical (unpaired) electrons. The zero-order valence-electron chi connectivity index (χ0n) is 13.7. The predicted octanol–water partition coefficient (Wildman–Crippen LogP) is 0.586. The molecule has 10 heteroatoms. The number of carbonyl (C=O) groups is 1. The Balaban J connectivity index is 2.13. The first-order valence-electron chi connectivity index (χ1n) is 7.77. The van der Waals surface area contributed by atoms with Gasteiger partial charge in [-0.3, -0.25) is 9.63 Å².